The first-order valence-electron chi connectivity index (χ1n) is 7.79. The van der Waals surface area contributed by atoms with Crippen molar-refractivity contribution in [2.45, 2.75) is 13.1 Å². The monoisotopic (exact) mass is 330 g/mol. The molecular formula is C19H23FN2O2. The van der Waals surface area contributed by atoms with E-state index in [4.69, 9.17) is 4.74 Å². The molecule has 0 radical (unpaired) electrons. The summed E-state index contributed by atoms with van der Waals surface area (Å²) in [4.78, 5) is 15.8. The summed E-state index contributed by atoms with van der Waals surface area (Å²) in [5.74, 6) is 0.482. The molecule has 1 amide bonds. The van der Waals surface area contributed by atoms with Gasteiger partial charge in [0, 0.05) is 31.3 Å². The zero-order valence-electron chi connectivity index (χ0n) is 14.3. The molecule has 0 unspecified atom stereocenters. The van der Waals surface area contributed by atoms with Crippen molar-refractivity contribution in [1.29, 1.82) is 0 Å². The fourth-order valence-corrected chi connectivity index (χ4v) is 2.50. The Morgan fingerprint density at radius 3 is 2.29 bits per heavy atom. The van der Waals surface area contributed by atoms with Crippen LogP contribution in [0.25, 0.3) is 0 Å². The van der Waals surface area contributed by atoms with Crippen LogP contribution in [0, 0.1) is 5.82 Å². The van der Waals surface area contributed by atoms with E-state index < -0.39 is 0 Å². The molecule has 24 heavy (non-hydrogen) atoms. The maximum Gasteiger partial charge on any atom is 0.236 e. The summed E-state index contributed by atoms with van der Waals surface area (Å²) in [7, 11) is 5.18. The van der Waals surface area contributed by atoms with E-state index in [0.717, 1.165) is 11.3 Å². The Morgan fingerprint density at radius 2 is 1.62 bits per heavy atom. The second kappa shape index (κ2) is 8.45. The third kappa shape index (κ3) is 4.80. The van der Waals surface area contributed by atoms with Crippen molar-refractivity contribution in [3.63, 3.8) is 0 Å². The molecule has 0 atom stereocenters. The molecule has 0 aliphatic rings. The standard InChI is InChI=1S/C19H23FN2O2/c1-21(12-15-8-4-6-10-17(15)20)14-19(23)22(2)13-16-9-5-7-11-18(16)24-3/h4-11H,12-14H2,1-3H3. The fraction of sp³-hybridized carbons (Fsp3) is 0.316. The van der Waals surface area contributed by atoms with Crippen LogP contribution in [0.3, 0.4) is 0 Å². The number of ether oxygens (including phenoxy) is 1. The van der Waals surface area contributed by atoms with Gasteiger partial charge in [0.2, 0.25) is 5.91 Å². The topological polar surface area (TPSA) is 32.8 Å². The van der Waals surface area contributed by atoms with Crippen LogP contribution in [0.1, 0.15) is 11.1 Å². The van der Waals surface area contributed by atoms with Crippen LogP contribution in [0.2, 0.25) is 0 Å². The lowest BCUT2D eigenvalue weighted by molar-refractivity contribution is -0.131. The number of amides is 1. The first kappa shape index (κ1) is 17.9. The van der Waals surface area contributed by atoms with Crippen molar-refractivity contribution in [2.24, 2.45) is 0 Å². The minimum Gasteiger partial charge on any atom is -0.496 e. The van der Waals surface area contributed by atoms with Crippen LogP contribution >= 0.6 is 0 Å². The molecule has 4 nitrogen and oxygen atoms in total. The Morgan fingerprint density at radius 1 is 1.00 bits per heavy atom. The van der Waals surface area contributed by atoms with Crippen molar-refractivity contribution in [3.8, 4) is 5.75 Å². The summed E-state index contributed by atoms with van der Waals surface area (Å²) >= 11 is 0. The van der Waals surface area contributed by atoms with E-state index in [9.17, 15) is 9.18 Å². The van der Waals surface area contributed by atoms with Gasteiger partial charge in [0.15, 0.2) is 0 Å². The molecule has 5 heteroatoms. The van der Waals surface area contributed by atoms with E-state index in [1.807, 2.05) is 24.3 Å². The van der Waals surface area contributed by atoms with Crippen molar-refractivity contribution in [3.05, 3.63) is 65.5 Å². The lowest BCUT2D eigenvalue weighted by Gasteiger charge is -2.23. The van der Waals surface area contributed by atoms with Gasteiger partial charge in [0.1, 0.15) is 11.6 Å². The van der Waals surface area contributed by atoms with Gasteiger partial charge in [-0.2, -0.15) is 0 Å². The first-order valence-corrected chi connectivity index (χ1v) is 7.79. The fourth-order valence-electron chi connectivity index (χ4n) is 2.50. The van der Waals surface area contributed by atoms with Crippen molar-refractivity contribution in [2.75, 3.05) is 27.7 Å². The van der Waals surface area contributed by atoms with Gasteiger partial charge in [0.05, 0.1) is 13.7 Å². The highest BCUT2D eigenvalue weighted by Crippen LogP contribution is 2.18. The number of nitrogens with zero attached hydrogens (tertiary/aromatic N) is 2. The molecule has 128 valence electrons. The average molecular weight is 330 g/mol. The second-order valence-corrected chi connectivity index (χ2v) is 5.83. The number of likely N-dealkylation sites (N-methyl/N-ethyl adjacent to an activating group) is 2. The molecule has 0 N–H and O–H groups in total. The van der Waals surface area contributed by atoms with Gasteiger partial charge in [0.25, 0.3) is 0 Å². The van der Waals surface area contributed by atoms with Gasteiger partial charge in [-0.1, -0.05) is 36.4 Å². The van der Waals surface area contributed by atoms with E-state index in [2.05, 4.69) is 0 Å². The van der Waals surface area contributed by atoms with Gasteiger partial charge in [-0.25, -0.2) is 4.39 Å². The van der Waals surface area contributed by atoms with Crippen molar-refractivity contribution in [1.82, 2.24) is 9.80 Å². The summed E-state index contributed by atoms with van der Waals surface area (Å²) in [6.07, 6.45) is 0. The molecule has 0 spiro atoms. The highest BCUT2D eigenvalue weighted by Gasteiger charge is 2.15. The van der Waals surface area contributed by atoms with E-state index in [1.165, 1.54) is 6.07 Å². The third-order valence-corrected chi connectivity index (χ3v) is 3.83. The van der Waals surface area contributed by atoms with Gasteiger partial charge >= 0.3 is 0 Å². The third-order valence-electron chi connectivity index (χ3n) is 3.83. The molecule has 0 aromatic heterocycles. The number of methoxy groups -OCH3 is 1. The van der Waals surface area contributed by atoms with E-state index in [0.29, 0.717) is 18.7 Å². The number of carbonyl (C=O) groups is 1. The molecule has 0 bridgehead atoms. The molecule has 2 aromatic rings. The molecule has 2 rings (SSSR count). The summed E-state index contributed by atoms with van der Waals surface area (Å²) in [6.45, 7) is 1.08. The first-order chi connectivity index (χ1) is 11.5. The summed E-state index contributed by atoms with van der Waals surface area (Å²) in [5, 5.41) is 0. The Hall–Kier alpha value is -2.40. The average Bonchev–Trinajstić information content (AvgIpc) is 2.57. The Kier molecular flexibility index (Phi) is 6.32. The number of rotatable bonds is 7. The minimum atomic E-state index is -0.251. The predicted octanol–water partition coefficient (Wildman–Crippen LogP) is 2.92. The van der Waals surface area contributed by atoms with Crippen LogP contribution in [-0.4, -0.2) is 43.5 Å². The smallest absolute Gasteiger partial charge is 0.236 e. The second-order valence-electron chi connectivity index (χ2n) is 5.83. The van der Waals surface area contributed by atoms with Crippen LogP contribution in [0.15, 0.2) is 48.5 Å². The molecule has 2 aromatic carbocycles. The van der Waals surface area contributed by atoms with Crippen LogP contribution in [0.4, 0.5) is 4.39 Å². The van der Waals surface area contributed by atoms with Crippen LogP contribution < -0.4 is 4.74 Å². The van der Waals surface area contributed by atoms with Gasteiger partial charge < -0.3 is 9.64 Å². The molecule has 0 heterocycles. The largest absolute Gasteiger partial charge is 0.496 e. The SMILES string of the molecule is COc1ccccc1CN(C)C(=O)CN(C)Cc1ccccc1F. The maximum atomic E-state index is 13.7. The van der Waals surface area contributed by atoms with Crippen LogP contribution in [-0.2, 0) is 17.9 Å². The number of carbonyl (C=O) groups excluding carboxylic acids is 1. The lowest BCUT2D eigenvalue weighted by atomic mass is 10.2. The summed E-state index contributed by atoms with van der Waals surface area (Å²) < 4.78 is 19.0. The maximum absolute atomic E-state index is 13.7. The zero-order chi connectivity index (χ0) is 17.5. The molecule has 0 fully saturated rings. The summed E-state index contributed by atoms with van der Waals surface area (Å²) in [6, 6.07) is 14.2. The highest BCUT2D eigenvalue weighted by atomic mass is 19.1. The predicted molar refractivity (Wildman–Crippen MR) is 92.2 cm³/mol. The highest BCUT2D eigenvalue weighted by molar-refractivity contribution is 5.78. The van der Waals surface area contributed by atoms with E-state index in [-0.39, 0.29) is 18.3 Å². The van der Waals surface area contributed by atoms with Gasteiger partial charge in [-0.3, -0.25) is 9.69 Å². The van der Waals surface area contributed by atoms with Gasteiger partial charge in [-0.05, 0) is 19.2 Å². The minimum absolute atomic E-state index is 0.0280. The number of hydrogen-bond acceptors (Lipinski definition) is 3. The Bertz CT molecular complexity index is 691. The number of hydrogen-bond donors (Lipinski definition) is 0. The lowest BCUT2D eigenvalue weighted by Crippen LogP contribution is -2.36. The zero-order valence-corrected chi connectivity index (χ0v) is 14.3. The van der Waals surface area contributed by atoms with Crippen molar-refractivity contribution >= 4 is 5.91 Å². The van der Waals surface area contributed by atoms with Gasteiger partial charge in [-0.15, -0.1) is 0 Å². The molecule has 0 aliphatic heterocycles. The van der Waals surface area contributed by atoms with Crippen LogP contribution in [0.5, 0.6) is 5.75 Å². The quantitative estimate of drug-likeness (QED) is 0.782. The molecular weight excluding hydrogens is 307 g/mol. The van der Waals surface area contributed by atoms with Crippen molar-refractivity contribution < 1.29 is 13.9 Å². The Balaban J connectivity index is 1.92. The number of halogens is 1. The number of para-hydroxylation sites is 1. The van der Waals surface area contributed by atoms with E-state index in [1.54, 1.807) is 49.2 Å². The normalized spacial score (nSPS) is 10.7. The molecule has 0 saturated carbocycles. The van der Waals surface area contributed by atoms with E-state index >= 15 is 0 Å². The molecule has 0 aliphatic carbocycles. The number of benzene rings is 2. The molecule has 0 saturated heterocycles. The Labute approximate surface area is 142 Å². The summed E-state index contributed by atoms with van der Waals surface area (Å²) in [5.41, 5.74) is 1.53.